The van der Waals surface area contributed by atoms with Crippen LogP contribution in [0, 0.1) is 0 Å². The second-order valence-electron chi connectivity index (χ2n) is 15.2. The summed E-state index contributed by atoms with van der Waals surface area (Å²) in [6.45, 7) is 0. The van der Waals surface area contributed by atoms with E-state index in [0.29, 0.717) is 0 Å². The van der Waals surface area contributed by atoms with Crippen LogP contribution < -0.4 is 4.90 Å². The number of para-hydroxylation sites is 1. The zero-order valence-electron chi connectivity index (χ0n) is 31.6. The molecule has 2 heteroatoms. The number of hydrogen-bond donors (Lipinski definition) is 0. The van der Waals surface area contributed by atoms with Gasteiger partial charge in [-0.05, 0) is 102 Å². The third-order valence-electron chi connectivity index (χ3n) is 12.0. The highest BCUT2D eigenvalue weighted by molar-refractivity contribution is 6.17. The Balaban J connectivity index is 1.07. The lowest BCUT2D eigenvalue weighted by molar-refractivity contribution is 0.672. The van der Waals surface area contributed by atoms with E-state index in [1.165, 1.54) is 59.6 Å². The molecule has 0 aliphatic rings. The Kier molecular flexibility index (Phi) is 7.26. The fraction of sp³-hybridized carbons (Fsp3) is 0. The zero-order valence-corrected chi connectivity index (χ0v) is 31.6. The lowest BCUT2D eigenvalue weighted by Gasteiger charge is -2.30. The summed E-state index contributed by atoms with van der Waals surface area (Å²) in [6.07, 6.45) is 0. The molecule has 1 heterocycles. The summed E-state index contributed by atoms with van der Waals surface area (Å²) in [7, 11) is 0. The molecule has 0 spiro atoms. The van der Waals surface area contributed by atoms with E-state index in [9.17, 15) is 0 Å². The van der Waals surface area contributed by atoms with Crippen LogP contribution in [-0.4, -0.2) is 0 Å². The van der Waals surface area contributed by atoms with Crippen LogP contribution in [0.3, 0.4) is 0 Å². The van der Waals surface area contributed by atoms with E-state index in [0.717, 1.165) is 55.5 Å². The molecular formula is C56H35NO. The standard InChI is InChI=1S/C56H35NO/c1-4-15-42-36(12-1)26-31-49-43(21-11-22-47(42)49)38-24-29-41(30-25-38)57(54-35-39-14-3-5-16-44(39)48-19-7-8-20-50(48)54)53-23-10-9-17-45(53)40-28-33-55-52(34-40)51-32-27-37-13-2-6-18-46(37)56(51)58-55/h1-35H. The molecule has 0 aliphatic carbocycles. The van der Waals surface area contributed by atoms with Gasteiger partial charge in [0.1, 0.15) is 11.2 Å². The second-order valence-corrected chi connectivity index (χ2v) is 15.2. The lowest BCUT2D eigenvalue weighted by atomic mass is 9.94. The molecule has 12 rings (SSSR count). The third-order valence-corrected chi connectivity index (χ3v) is 12.0. The number of fused-ring (bicyclic) bond motifs is 11. The molecule has 12 aromatic rings. The van der Waals surface area contributed by atoms with Crippen LogP contribution in [0.25, 0.3) is 98.1 Å². The van der Waals surface area contributed by atoms with Crippen LogP contribution in [0.2, 0.25) is 0 Å². The van der Waals surface area contributed by atoms with E-state index in [1.54, 1.807) is 0 Å². The van der Waals surface area contributed by atoms with Gasteiger partial charge in [-0.25, -0.2) is 0 Å². The molecule has 11 aromatic carbocycles. The summed E-state index contributed by atoms with van der Waals surface area (Å²) in [4.78, 5) is 2.45. The third kappa shape index (κ3) is 5.05. The predicted molar refractivity (Wildman–Crippen MR) is 247 cm³/mol. The predicted octanol–water partition coefficient (Wildman–Crippen LogP) is 16.2. The topological polar surface area (TPSA) is 16.4 Å². The van der Waals surface area contributed by atoms with E-state index in [4.69, 9.17) is 4.42 Å². The van der Waals surface area contributed by atoms with Crippen LogP contribution in [0.1, 0.15) is 0 Å². The highest BCUT2D eigenvalue weighted by atomic mass is 16.3. The van der Waals surface area contributed by atoms with Crippen molar-refractivity contribution in [2.45, 2.75) is 0 Å². The smallest absolute Gasteiger partial charge is 0.143 e. The van der Waals surface area contributed by atoms with Crippen molar-refractivity contribution in [3.63, 3.8) is 0 Å². The van der Waals surface area contributed by atoms with Crippen molar-refractivity contribution in [2.24, 2.45) is 0 Å². The first-order valence-corrected chi connectivity index (χ1v) is 19.9. The van der Waals surface area contributed by atoms with Gasteiger partial charge in [0.2, 0.25) is 0 Å². The molecule has 0 amide bonds. The monoisotopic (exact) mass is 737 g/mol. The normalized spacial score (nSPS) is 11.8. The highest BCUT2D eigenvalue weighted by Gasteiger charge is 2.22. The van der Waals surface area contributed by atoms with Gasteiger partial charge >= 0.3 is 0 Å². The second kappa shape index (κ2) is 12.9. The zero-order chi connectivity index (χ0) is 38.2. The molecule has 0 saturated carbocycles. The van der Waals surface area contributed by atoms with E-state index < -0.39 is 0 Å². The molecule has 2 nitrogen and oxygen atoms in total. The van der Waals surface area contributed by atoms with Gasteiger partial charge in [-0.3, -0.25) is 0 Å². The minimum Gasteiger partial charge on any atom is -0.455 e. The van der Waals surface area contributed by atoms with Gasteiger partial charge < -0.3 is 9.32 Å². The average molecular weight is 738 g/mol. The van der Waals surface area contributed by atoms with Crippen molar-refractivity contribution in [1.29, 1.82) is 0 Å². The van der Waals surface area contributed by atoms with Crippen molar-refractivity contribution >= 4 is 92.9 Å². The van der Waals surface area contributed by atoms with Gasteiger partial charge in [0.15, 0.2) is 0 Å². The first-order valence-electron chi connectivity index (χ1n) is 19.9. The maximum Gasteiger partial charge on any atom is 0.143 e. The first-order chi connectivity index (χ1) is 28.8. The molecule has 0 N–H and O–H groups in total. The summed E-state index contributed by atoms with van der Waals surface area (Å²) < 4.78 is 6.55. The van der Waals surface area contributed by atoms with Gasteiger partial charge in [-0.15, -0.1) is 0 Å². The number of rotatable bonds is 5. The van der Waals surface area contributed by atoms with Crippen LogP contribution in [0.4, 0.5) is 17.1 Å². The lowest BCUT2D eigenvalue weighted by Crippen LogP contribution is -2.12. The molecule has 0 radical (unpaired) electrons. The summed E-state index contributed by atoms with van der Waals surface area (Å²) in [5.41, 5.74) is 9.83. The number of benzene rings is 11. The van der Waals surface area contributed by atoms with Gasteiger partial charge in [0.25, 0.3) is 0 Å². The van der Waals surface area contributed by atoms with Crippen LogP contribution in [0.15, 0.2) is 217 Å². The summed E-state index contributed by atoms with van der Waals surface area (Å²) in [5, 5.41) is 14.5. The summed E-state index contributed by atoms with van der Waals surface area (Å²) in [5.74, 6) is 0. The molecule has 1 aromatic heterocycles. The van der Waals surface area contributed by atoms with Crippen LogP contribution in [0.5, 0.6) is 0 Å². The van der Waals surface area contributed by atoms with Crippen molar-refractivity contribution in [1.82, 2.24) is 0 Å². The maximum atomic E-state index is 6.55. The Hall–Kier alpha value is -7.68. The summed E-state index contributed by atoms with van der Waals surface area (Å²) in [6, 6.07) is 77.2. The fourth-order valence-corrected chi connectivity index (χ4v) is 9.29. The average Bonchev–Trinajstić information content (AvgIpc) is 3.68. The van der Waals surface area contributed by atoms with Gasteiger partial charge in [-0.2, -0.15) is 0 Å². The molecule has 0 fully saturated rings. The van der Waals surface area contributed by atoms with E-state index >= 15 is 0 Å². The first kappa shape index (κ1) is 32.6. The quantitative estimate of drug-likeness (QED) is 0.164. The molecule has 58 heavy (non-hydrogen) atoms. The Morgan fingerprint density at radius 2 is 0.862 bits per heavy atom. The highest BCUT2D eigenvalue weighted by Crippen LogP contribution is 2.47. The molecule has 0 aliphatic heterocycles. The van der Waals surface area contributed by atoms with Crippen molar-refractivity contribution < 1.29 is 4.42 Å². The van der Waals surface area contributed by atoms with E-state index in [-0.39, 0.29) is 0 Å². The van der Waals surface area contributed by atoms with Crippen molar-refractivity contribution in [3.05, 3.63) is 212 Å². The molecule has 270 valence electrons. The Labute approximate surface area is 335 Å². The molecule has 0 unspecified atom stereocenters. The SMILES string of the molecule is c1ccc(N(c2ccc(-c3cccc4c3ccc3ccccc34)cc2)c2cc3ccccc3c3ccccc23)c(-c2ccc3oc4c5ccccc5ccc4c3c2)c1. The molecule has 0 bridgehead atoms. The minimum absolute atomic E-state index is 0.891. The van der Waals surface area contributed by atoms with Crippen LogP contribution >= 0.6 is 0 Å². The molecule has 0 atom stereocenters. The van der Waals surface area contributed by atoms with Crippen molar-refractivity contribution in [3.8, 4) is 22.3 Å². The van der Waals surface area contributed by atoms with Gasteiger partial charge in [-0.1, -0.05) is 170 Å². The number of hydrogen-bond acceptors (Lipinski definition) is 2. The number of anilines is 3. The Morgan fingerprint density at radius 3 is 1.67 bits per heavy atom. The van der Waals surface area contributed by atoms with Crippen LogP contribution in [-0.2, 0) is 0 Å². The number of furan rings is 1. The van der Waals surface area contributed by atoms with Crippen molar-refractivity contribution in [2.75, 3.05) is 4.90 Å². The fourth-order valence-electron chi connectivity index (χ4n) is 9.29. The van der Waals surface area contributed by atoms with Gasteiger partial charge in [0, 0.05) is 32.8 Å². The summed E-state index contributed by atoms with van der Waals surface area (Å²) >= 11 is 0. The minimum atomic E-state index is 0.891. The Morgan fingerprint density at radius 1 is 0.293 bits per heavy atom. The number of nitrogens with zero attached hydrogens (tertiary/aromatic N) is 1. The largest absolute Gasteiger partial charge is 0.455 e. The molecule has 0 saturated heterocycles. The maximum absolute atomic E-state index is 6.55. The van der Waals surface area contributed by atoms with E-state index in [2.05, 4.69) is 217 Å². The van der Waals surface area contributed by atoms with E-state index in [1.807, 2.05) is 0 Å². The Bertz CT molecular complexity index is 3580. The molecular weight excluding hydrogens is 703 g/mol. The van der Waals surface area contributed by atoms with Gasteiger partial charge in [0.05, 0.1) is 11.4 Å².